The number of ether oxygens (including phenoxy) is 1. The highest BCUT2D eigenvalue weighted by atomic mass is 16.5. The molecule has 0 fully saturated rings. The topological polar surface area (TPSA) is 35.2 Å². The molecule has 0 amide bonds. The van der Waals surface area contributed by atoms with Gasteiger partial charge < -0.3 is 10.5 Å². The minimum absolute atomic E-state index is 0.0295. The first-order valence-corrected chi connectivity index (χ1v) is 16.5. The molecule has 2 N–H and O–H groups in total. The molecule has 244 valence electrons. The van der Waals surface area contributed by atoms with Gasteiger partial charge in [0, 0.05) is 11.0 Å². The Morgan fingerprint density at radius 3 is 2.04 bits per heavy atom. The lowest BCUT2D eigenvalue weighted by Gasteiger charge is -2.27. The van der Waals surface area contributed by atoms with Crippen molar-refractivity contribution < 1.29 is 4.74 Å². The minimum atomic E-state index is 0.0295. The Kier molecular flexibility index (Phi) is 16.1. The van der Waals surface area contributed by atoms with Gasteiger partial charge in [0.1, 0.15) is 11.5 Å². The maximum absolute atomic E-state index is 6.39. The van der Waals surface area contributed by atoms with Gasteiger partial charge >= 0.3 is 0 Å². The molecule has 1 aliphatic carbocycles. The zero-order valence-corrected chi connectivity index (χ0v) is 30.6. The third-order valence-corrected chi connectivity index (χ3v) is 8.00. The summed E-state index contributed by atoms with van der Waals surface area (Å²) in [6, 6.07) is 23.5. The van der Waals surface area contributed by atoms with E-state index in [-0.39, 0.29) is 10.8 Å². The molecule has 45 heavy (non-hydrogen) atoms. The first-order valence-electron chi connectivity index (χ1n) is 16.5. The molecule has 1 aliphatic rings. The predicted molar refractivity (Wildman–Crippen MR) is 202 cm³/mol. The molecule has 0 saturated heterocycles. The molecule has 0 atom stereocenters. The van der Waals surface area contributed by atoms with E-state index in [9.17, 15) is 0 Å². The first kappa shape index (κ1) is 39.4. The molecule has 0 aliphatic heterocycles. The Labute approximate surface area is 276 Å². The number of benzene rings is 3. The van der Waals surface area contributed by atoms with Crippen LogP contribution in [0.4, 0.5) is 0 Å². The standard InChI is InChI=1S/C25H32O.C14H16.C2H7N.C2H6/c1-17(2)22-14-15-23(21-12-10-9-11-13-21)24(20(22)5)26-19(4)16-18(3)25(6,7)8;1-11-7-6-9-12-8-4-5-10-13(12)14(11,2)3;1-2-3;1-2/h9-17H,3H2,1-2,4-8H3;4-10H,1-3H3;2-3H2,1H3;1-2H3/b19-16+;;;. The molecule has 0 saturated carbocycles. The lowest BCUT2D eigenvalue weighted by Crippen LogP contribution is -2.19. The van der Waals surface area contributed by atoms with E-state index in [1.165, 1.54) is 33.4 Å². The molecule has 0 heterocycles. The Morgan fingerprint density at radius 1 is 0.933 bits per heavy atom. The van der Waals surface area contributed by atoms with E-state index in [4.69, 9.17) is 10.5 Å². The van der Waals surface area contributed by atoms with Gasteiger partial charge in [-0.2, -0.15) is 0 Å². The molecule has 0 aromatic heterocycles. The summed E-state index contributed by atoms with van der Waals surface area (Å²) in [5, 5.41) is 0. The van der Waals surface area contributed by atoms with Gasteiger partial charge in [-0.05, 0) is 78.1 Å². The summed E-state index contributed by atoms with van der Waals surface area (Å²) in [7, 11) is 0. The maximum Gasteiger partial charge on any atom is 0.137 e. The van der Waals surface area contributed by atoms with Gasteiger partial charge in [-0.3, -0.25) is 0 Å². The fourth-order valence-electron chi connectivity index (χ4n) is 4.89. The molecule has 0 unspecified atom stereocenters. The van der Waals surface area contributed by atoms with Crippen LogP contribution < -0.4 is 10.5 Å². The lowest BCUT2D eigenvalue weighted by molar-refractivity contribution is 0.420. The Bertz CT molecular complexity index is 1440. The summed E-state index contributed by atoms with van der Waals surface area (Å²) >= 11 is 0. The summed E-state index contributed by atoms with van der Waals surface area (Å²) in [4.78, 5) is 0. The Morgan fingerprint density at radius 2 is 1.49 bits per heavy atom. The predicted octanol–water partition coefficient (Wildman–Crippen LogP) is 12.6. The van der Waals surface area contributed by atoms with Crippen LogP contribution in [-0.4, -0.2) is 6.54 Å². The number of fused-ring (bicyclic) bond motifs is 1. The monoisotopic (exact) mass is 607 g/mol. The van der Waals surface area contributed by atoms with Crippen molar-refractivity contribution in [2.45, 2.75) is 101 Å². The molecule has 0 radical (unpaired) electrons. The van der Waals surface area contributed by atoms with E-state index in [1.807, 2.05) is 33.8 Å². The van der Waals surface area contributed by atoms with Crippen LogP contribution in [0.5, 0.6) is 5.75 Å². The molecule has 4 rings (SSSR count). The molecular formula is C43H61NO. The van der Waals surface area contributed by atoms with Crippen molar-refractivity contribution in [1.82, 2.24) is 0 Å². The van der Waals surface area contributed by atoms with Gasteiger partial charge in [0.2, 0.25) is 0 Å². The van der Waals surface area contributed by atoms with Crippen molar-refractivity contribution in [2.75, 3.05) is 6.54 Å². The Balaban J connectivity index is 0.000000445. The molecule has 0 bridgehead atoms. The molecule has 3 aromatic carbocycles. The van der Waals surface area contributed by atoms with Crippen LogP contribution >= 0.6 is 0 Å². The fourth-order valence-corrected chi connectivity index (χ4v) is 4.89. The van der Waals surface area contributed by atoms with Gasteiger partial charge in [0.15, 0.2) is 0 Å². The van der Waals surface area contributed by atoms with Crippen LogP contribution in [0.15, 0.2) is 108 Å². The summed E-state index contributed by atoms with van der Waals surface area (Å²) in [5.74, 6) is 2.26. The minimum Gasteiger partial charge on any atom is -0.461 e. The maximum atomic E-state index is 6.39. The van der Waals surface area contributed by atoms with Crippen LogP contribution in [0.1, 0.15) is 111 Å². The van der Waals surface area contributed by atoms with Crippen molar-refractivity contribution in [3.63, 3.8) is 0 Å². The van der Waals surface area contributed by atoms with E-state index in [0.29, 0.717) is 5.92 Å². The SMILES string of the molecule is C=C(/C=C(\C)Oc1c(-c2ccccc2)ccc(C(C)C)c1C)C(C)(C)C.CC.CC1=CC=Cc2ccccc2C1(C)C.CCN. The van der Waals surface area contributed by atoms with Crippen molar-refractivity contribution in [1.29, 1.82) is 0 Å². The van der Waals surface area contributed by atoms with Crippen molar-refractivity contribution in [3.05, 3.63) is 131 Å². The number of hydrogen-bond donors (Lipinski definition) is 1. The summed E-state index contributed by atoms with van der Waals surface area (Å²) < 4.78 is 6.39. The summed E-state index contributed by atoms with van der Waals surface area (Å²) in [6.45, 7) is 32.7. The molecule has 0 spiro atoms. The van der Waals surface area contributed by atoms with E-state index in [2.05, 4.69) is 154 Å². The van der Waals surface area contributed by atoms with Crippen molar-refractivity contribution in [3.8, 4) is 16.9 Å². The second-order valence-corrected chi connectivity index (χ2v) is 13.1. The van der Waals surface area contributed by atoms with Gasteiger partial charge in [0.25, 0.3) is 0 Å². The quantitative estimate of drug-likeness (QED) is 0.231. The zero-order chi connectivity index (χ0) is 34.4. The van der Waals surface area contributed by atoms with Gasteiger partial charge in [0.05, 0.1) is 0 Å². The average molecular weight is 608 g/mol. The first-order chi connectivity index (χ1) is 21.1. The Hall–Kier alpha value is -3.62. The zero-order valence-electron chi connectivity index (χ0n) is 30.6. The normalized spacial score (nSPS) is 13.4. The van der Waals surface area contributed by atoms with E-state index >= 15 is 0 Å². The molecule has 3 aromatic rings. The number of rotatable bonds is 5. The second kappa shape index (κ2) is 18.4. The fraction of sp³-hybridized carbons (Fsp3) is 0.395. The lowest BCUT2D eigenvalue weighted by atomic mass is 9.77. The number of hydrogen-bond acceptors (Lipinski definition) is 2. The summed E-state index contributed by atoms with van der Waals surface area (Å²) in [6.07, 6.45) is 8.59. The van der Waals surface area contributed by atoms with Crippen LogP contribution in [-0.2, 0) is 5.41 Å². The van der Waals surface area contributed by atoms with Crippen LogP contribution in [0, 0.1) is 12.3 Å². The highest BCUT2D eigenvalue weighted by molar-refractivity contribution is 5.73. The van der Waals surface area contributed by atoms with Crippen molar-refractivity contribution in [2.24, 2.45) is 11.1 Å². The third kappa shape index (κ3) is 11.4. The highest BCUT2D eigenvalue weighted by Gasteiger charge is 2.25. The van der Waals surface area contributed by atoms with E-state index in [0.717, 1.165) is 29.2 Å². The van der Waals surface area contributed by atoms with E-state index < -0.39 is 0 Å². The van der Waals surface area contributed by atoms with Gasteiger partial charge in [-0.25, -0.2) is 0 Å². The second-order valence-electron chi connectivity index (χ2n) is 13.1. The van der Waals surface area contributed by atoms with Crippen LogP contribution in [0.25, 0.3) is 17.2 Å². The average Bonchev–Trinajstić information content (AvgIpc) is 3.10. The van der Waals surface area contributed by atoms with E-state index in [1.54, 1.807) is 0 Å². The highest BCUT2D eigenvalue weighted by Crippen LogP contribution is 2.39. The number of allylic oxidation sites excluding steroid dienone is 6. The van der Waals surface area contributed by atoms with Crippen LogP contribution in [0.2, 0.25) is 0 Å². The van der Waals surface area contributed by atoms with Crippen molar-refractivity contribution >= 4 is 6.08 Å². The van der Waals surface area contributed by atoms with Gasteiger partial charge in [-0.15, -0.1) is 0 Å². The number of nitrogens with two attached hydrogens (primary N) is 1. The molecular weight excluding hydrogens is 546 g/mol. The third-order valence-electron chi connectivity index (χ3n) is 8.00. The van der Waals surface area contributed by atoms with Gasteiger partial charge in [-0.1, -0.05) is 166 Å². The van der Waals surface area contributed by atoms with Crippen LogP contribution in [0.3, 0.4) is 0 Å². The smallest absolute Gasteiger partial charge is 0.137 e. The largest absolute Gasteiger partial charge is 0.461 e. The molecule has 2 heteroatoms. The summed E-state index contributed by atoms with van der Waals surface area (Å²) in [5.41, 5.74) is 15.1. The molecule has 2 nitrogen and oxygen atoms in total.